The van der Waals surface area contributed by atoms with E-state index in [1.165, 1.54) is 0 Å². The van der Waals surface area contributed by atoms with Crippen molar-refractivity contribution in [3.63, 3.8) is 0 Å². The maximum atomic E-state index is 12.2. The highest BCUT2D eigenvalue weighted by Crippen LogP contribution is 2.22. The van der Waals surface area contributed by atoms with E-state index < -0.39 is 0 Å². The first-order valence-corrected chi connectivity index (χ1v) is 7.86. The van der Waals surface area contributed by atoms with Crippen molar-refractivity contribution in [2.24, 2.45) is 0 Å². The number of halogens is 1. The summed E-state index contributed by atoms with van der Waals surface area (Å²) in [7, 11) is 0. The molecule has 0 aliphatic heterocycles. The minimum atomic E-state index is -0.300. The third kappa shape index (κ3) is 3.73. The van der Waals surface area contributed by atoms with E-state index in [1.54, 1.807) is 24.4 Å². The molecule has 3 aromatic rings. The van der Waals surface area contributed by atoms with Crippen LogP contribution < -0.4 is 10.6 Å². The van der Waals surface area contributed by atoms with Gasteiger partial charge in [-0.3, -0.25) is 4.79 Å². The van der Waals surface area contributed by atoms with Gasteiger partial charge in [-0.25, -0.2) is 4.98 Å². The summed E-state index contributed by atoms with van der Waals surface area (Å²) in [6, 6.07) is 18.6. The number of aromatic nitrogens is 1. The zero-order chi connectivity index (χ0) is 16.9. The Labute approximate surface area is 145 Å². The molecule has 0 radical (unpaired) electrons. The number of amides is 1. The number of rotatable bonds is 4. The lowest BCUT2D eigenvalue weighted by Crippen LogP contribution is -2.13. The molecule has 2 N–H and O–H groups in total. The van der Waals surface area contributed by atoms with Crippen LogP contribution in [0.15, 0.2) is 66.9 Å². The van der Waals surface area contributed by atoms with Gasteiger partial charge in [0.15, 0.2) is 0 Å². The first kappa shape index (κ1) is 16.0. The van der Waals surface area contributed by atoms with E-state index in [9.17, 15) is 4.79 Å². The predicted octanol–water partition coefficient (Wildman–Crippen LogP) is 5.04. The SMILES string of the molecule is Cc1ccccc1Nc1ccc(C(=O)Nc2ccccc2Cl)nc1. The van der Waals surface area contributed by atoms with Crippen molar-refractivity contribution >= 4 is 34.6 Å². The average molecular weight is 338 g/mol. The number of pyridine rings is 1. The van der Waals surface area contributed by atoms with Crippen LogP contribution in [0, 0.1) is 6.92 Å². The second kappa shape index (κ2) is 7.15. The van der Waals surface area contributed by atoms with Gasteiger partial charge in [0, 0.05) is 5.69 Å². The molecule has 4 nitrogen and oxygen atoms in total. The van der Waals surface area contributed by atoms with Crippen LogP contribution in [0.25, 0.3) is 0 Å². The highest BCUT2D eigenvalue weighted by Gasteiger charge is 2.09. The zero-order valence-corrected chi connectivity index (χ0v) is 13.8. The molecule has 0 saturated heterocycles. The molecule has 0 aliphatic rings. The quantitative estimate of drug-likeness (QED) is 0.701. The van der Waals surface area contributed by atoms with E-state index in [2.05, 4.69) is 15.6 Å². The van der Waals surface area contributed by atoms with E-state index >= 15 is 0 Å². The Kier molecular flexibility index (Phi) is 4.77. The van der Waals surface area contributed by atoms with Crippen molar-refractivity contribution in [2.45, 2.75) is 6.92 Å². The van der Waals surface area contributed by atoms with Gasteiger partial charge in [0.05, 0.1) is 22.6 Å². The van der Waals surface area contributed by atoms with Gasteiger partial charge in [-0.05, 0) is 42.8 Å². The molecule has 0 unspecified atom stereocenters. The Bertz CT molecular complexity index is 862. The van der Waals surface area contributed by atoms with Crippen molar-refractivity contribution in [1.29, 1.82) is 0 Å². The molecule has 120 valence electrons. The van der Waals surface area contributed by atoms with E-state index in [-0.39, 0.29) is 5.91 Å². The molecule has 1 heterocycles. The molecule has 0 atom stereocenters. The summed E-state index contributed by atoms with van der Waals surface area (Å²) >= 11 is 6.04. The van der Waals surface area contributed by atoms with Crippen molar-refractivity contribution in [3.8, 4) is 0 Å². The van der Waals surface area contributed by atoms with Crippen LogP contribution in [0.5, 0.6) is 0 Å². The molecule has 0 aliphatic carbocycles. The van der Waals surface area contributed by atoms with Crippen molar-refractivity contribution in [2.75, 3.05) is 10.6 Å². The van der Waals surface area contributed by atoms with Crippen LogP contribution >= 0.6 is 11.6 Å². The van der Waals surface area contributed by atoms with Gasteiger partial charge in [-0.15, -0.1) is 0 Å². The molecule has 0 saturated carbocycles. The molecule has 0 bridgehead atoms. The topological polar surface area (TPSA) is 54.0 Å². The Morgan fingerprint density at radius 2 is 1.67 bits per heavy atom. The van der Waals surface area contributed by atoms with Crippen LogP contribution in [-0.2, 0) is 0 Å². The van der Waals surface area contributed by atoms with Crippen LogP contribution in [0.2, 0.25) is 5.02 Å². The summed E-state index contributed by atoms with van der Waals surface area (Å²) in [5, 5.41) is 6.52. The van der Waals surface area contributed by atoms with Gasteiger partial charge in [0.2, 0.25) is 0 Å². The number of nitrogens with zero attached hydrogens (tertiary/aromatic N) is 1. The number of aryl methyl sites for hydroxylation is 1. The van der Waals surface area contributed by atoms with Crippen LogP contribution in [0.3, 0.4) is 0 Å². The summed E-state index contributed by atoms with van der Waals surface area (Å²) in [6.07, 6.45) is 1.63. The van der Waals surface area contributed by atoms with Gasteiger partial charge in [-0.1, -0.05) is 41.9 Å². The maximum Gasteiger partial charge on any atom is 0.274 e. The third-order valence-electron chi connectivity index (χ3n) is 3.54. The van der Waals surface area contributed by atoms with Gasteiger partial charge in [0.25, 0.3) is 5.91 Å². The molecule has 2 aromatic carbocycles. The summed E-state index contributed by atoms with van der Waals surface area (Å²) in [5.41, 5.74) is 3.85. The summed E-state index contributed by atoms with van der Waals surface area (Å²) in [5.74, 6) is -0.300. The van der Waals surface area contributed by atoms with Crippen molar-refractivity contribution in [1.82, 2.24) is 4.98 Å². The number of hydrogen-bond donors (Lipinski definition) is 2. The van der Waals surface area contributed by atoms with Crippen molar-refractivity contribution < 1.29 is 4.79 Å². The molecule has 1 aromatic heterocycles. The standard InChI is InChI=1S/C19H16ClN3O/c1-13-6-2-4-8-16(13)22-14-10-11-18(21-12-14)19(24)23-17-9-5-3-7-15(17)20/h2-12,22H,1H3,(H,23,24). The smallest absolute Gasteiger partial charge is 0.274 e. The Morgan fingerprint density at radius 3 is 2.33 bits per heavy atom. The lowest BCUT2D eigenvalue weighted by atomic mass is 10.2. The lowest BCUT2D eigenvalue weighted by molar-refractivity contribution is 0.102. The van der Waals surface area contributed by atoms with E-state index in [0.29, 0.717) is 16.4 Å². The third-order valence-corrected chi connectivity index (χ3v) is 3.87. The highest BCUT2D eigenvalue weighted by atomic mass is 35.5. The van der Waals surface area contributed by atoms with E-state index in [1.807, 2.05) is 49.4 Å². The molecular formula is C19H16ClN3O. The highest BCUT2D eigenvalue weighted by molar-refractivity contribution is 6.33. The molecule has 24 heavy (non-hydrogen) atoms. The van der Waals surface area contributed by atoms with E-state index in [0.717, 1.165) is 16.9 Å². The maximum absolute atomic E-state index is 12.2. The molecule has 3 rings (SSSR count). The minimum Gasteiger partial charge on any atom is -0.354 e. The minimum absolute atomic E-state index is 0.300. The molecule has 5 heteroatoms. The first-order chi connectivity index (χ1) is 11.6. The molecule has 0 spiro atoms. The monoisotopic (exact) mass is 337 g/mol. The second-order valence-electron chi connectivity index (χ2n) is 5.31. The average Bonchev–Trinajstić information content (AvgIpc) is 2.59. The van der Waals surface area contributed by atoms with Gasteiger partial charge >= 0.3 is 0 Å². The predicted molar refractivity (Wildman–Crippen MR) is 98.1 cm³/mol. The number of hydrogen-bond acceptors (Lipinski definition) is 3. The number of para-hydroxylation sites is 2. The van der Waals surface area contributed by atoms with E-state index in [4.69, 9.17) is 11.6 Å². The molecule has 0 fully saturated rings. The Hall–Kier alpha value is -2.85. The van der Waals surface area contributed by atoms with Crippen LogP contribution in [0.4, 0.5) is 17.1 Å². The summed E-state index contributed by atoms with van der Waals surface area (Å²) in [4.78, 5) is 16.5. The normalized spacial score (nSPS) is 10.2. The van der Waals surface area contributed by atoms with Crippen LogP contribution in [0.1, 0.15) is 16.1 Å². The largest absolute Gasteiger partial charge is 0.354 e. The number of carbonyl (C=O) groups excluding carboxylic acids is 1. The fraction of sp³-hybridized carbons (Fsp3) is 0.0526. The molecule has 1 amide bonds. The number of anilines is 3. The summed E-state index contributed by atoms with van der Waals surface area (Å²) in [6.45, 7) is 2.03. The molecular weight excluding hydrogens is 322 g/mol. The van der Waals surface area contributed by atoms with Crippen LogP contribution in [-0.4, -0.2) is 10.9 Å². The number of nitrogens with one attached hydrogen (secondary N) is 2. The first-order valence-electron chi connectivity index (χ1n) is 7.48. The van der Waals surface area contributed by atoms with Gasteiger partial charge in [0.1, 0.15) is 5.69 Å². The van der Waals surface area contributed by atoms with Gasteiger partial charge < -0.3 is 10.6 Å². The zero-order valence-electron chi connectivity index (χ0n) is 13.1. The fourth-order valence-electron chi connectivity index (χ4n) is 2.22. The van der Waals surface area contributed by atoms with Gasteiger partial charge in [-0.2, -0.15) is 0 Å². The Balaban J connectivity index is 1.71. The summed E-state index contributed by atoms with van der Waals surface area (Å²) < 4.78 is 0. The number of benzene rings is 2. The Morgan fingerprint density at radius 1 is 0.958 bits per heavy atom. The van der Waals surface area contributed by atoms with Crippen molar-refractivity contribution in [3.05, 3.63) is 83.1 Å². The fourth-order valence-corrected chi connectivity index (χ4v) is 2.40. The lowest BCUT2D eigenvalue weighted by Gasteiger charge is -2.10. The second-order valence-corrected chi connectivity index (χ2v) is 5.71. The number of carbonyl (C=O) groups is 1.